The average molecular weight is 373 g/mol. The number of fused-ring (bicyclic) bond motifs is 4. The maximum atomic E-state index is 6.37. The molecule has 2 bridgehead atoms. The summed E-state index contributed by atoms with van der Waals surface area (Å²) in [7, 11) is 0. The molecule has 0 radical (unpaired) electrons. The molecule has 1 aromatic carbocycles. The van der Waals surface area contributed by atoms with Crippen LogP contribution < -0.4 is 0 Å². The molecular formula is C22H29ClN2O. The van der Waals surface area contributed by atoms with Crippen LogP contribution in [0, 0.1) is 11.8 Å². The van der Waals surface area contributed by atoms with E-state index in [1.165, 1.54) is 62.7 Å². The van der Waals surface area contributed by atoms with Crippen molar-refractivity contribution in [3.63, 3.8) is 0 Å². The van der Waals surface area contributed by atoms with E-state index in [1.807, 2.05) is 13.0 Å². The third kappa shape index (κ3) is 2.70. The van der Waals surface area contributed by atoms with Gasteiger partial charge in [0.2, 0.25) is 0 Å². The van der Waals surface area contributed by atoms with Crippen LogP contribution in [0.2, 0.25) is 5.02 Å². The lowest BCUT2D eigenvalue weighted by Gasteiger charge is -2.44. The summed E-state index contributed by atoms with van der Waals surface area (Å²) in [5.41, 5.74) is 4.00. The predicted octanol–water partition coefficient (Wildman–Crippen LogP) is 5.01. The molecule has 140 valence electrons. The fourth-order valence-corrected chi connectivity index (χ4v) is 6.50. The van der Waals surface area contributed by atoms with Crippen LogP contribution in [0.5, 0.6) is 0 Å². The molecular weight excluding hydrogens is 344 g/mol. The first-order valence-electron chi connectivity index (χ1n) is 10.4. The molecule has 5 rings (SSSR count). The first-order chi connectivity index (χ1) is 12.7. The van der Waals surface area contributed by atoms with Crippen molar-refractivity contribution in [3.8, 4) is 0 Å². The zero-order valence-electron chi connectivity index (χ0n) is 15.7. The molecule has 1 aromatic rings. The zero-order chi connectivity index (χ0) is 17.7. The summed E-state index contributed by atoms with van der Waals surface area (Å²) in [6.45, 7) is 5.06. The minimum Gasteiger partial charge on any atom is -0.396 e. The Labute approximate surface area is 161 Å². The highest BCUT2D eigenvalue weighted by atomic mass is 35.5. The normalized spacial score (nSPS) is 33.9. The van der Waals surface area contributed by atoms with Crippen molar-refractivity contribution in [1.82, 2.24) is 4.90 Å². The summed E-state index contributed by atoms with van der Waals surface area (Å²) in [4.78, 5) is 8.24. The summed E-state index contributed by atoms with van der Waals surface area (Å²) in [5.74, 6) is 2.01. The van der Waals surface area contributed by atoms with E-state index in [2.05, 4.69) is 22.2 Å². The molecule has 1 saturated heterocycles. The quantitative estimate of drug-likeness (QED) is 0.697. The van der Waals surface area contributed by atoms with Crippen LogP contribution in [0.15, 0.2) is 23.4 Å². The van der Waals surface area contributed by atoms with Crippen molar-refractivity contribution in [2.45, 2.75) is 63.3 Å². The van der Waals surface area contributed by atoms with Gasteiger partial charge in [0, 0.05) is 28.5 Å². The number of halogens is 1. The van der Waals surface area contributed by atoms with Gasteiger partial charge in [-0.25, -0.2) is 0 Å². The molecule has 0 N–H and O–H groups in total. The molecule has 4 heteroatoms. The van der Waals surface area contributed by atoms with Crippen LogP contribution in [0.25, 0.3) is 0 Å². The number of piperidine rings is 1. The monoisotopic (exact) mass is 372 g/mol. The molecule has 2 saturated carbocycles. The number of nitrogens with zero attached hydrogens (tertiary/aromatic N) is 2. The van der Waals surface area contributed by atoms with Crippen molar-refractivity contribution >= 4 is 17.3 Å². The van der Waals surface area contributed by atoms with E-state index in [0.29, 0.717) is 6.61 Å². The van der Waals surface area contributed by atoms with E-state index >= 15 is 0 Å². The van der Waals surface area contributed by atoms with Gasteiger partial charge in [-0.3, -0.25) is 0 Å². The van der Waals surface area contributed by atoms with Crippen molar-refractivity contribution < 1.29 is 4.84 Å². The standard InChI is InChI=1S/C22H29ClN2O/c1-2-26-24-20-14-22(19-13-17(23)5-6-18(19)20)7-9-25(10-8-22)21-12-15-3-4-16(21)11-15/h5-6,13,15-16,21H,2-4,7-12,14H2,1H3/t15-,16+,21+/m0/s1. The largest absolute Gasteiger partial charge is 0.396 e. The van der Waals surface area contributed by atoms with E-state index in [4.69, 9.17) is 16.4 Å². The fourth-order valence-electron chi connectivity index (χ4n) is 6.33. The van der Waals surface area contributed by atoms with Crippen molar-refractivity contribution in [1.29, 1.82) is 0 Å². The topological polar surface area (TPSA) is 24.8 Å². The molecule has 1 aliphatic heterocycles. The molecule has 4 aliphatic rings. The Bertz CT molecular complexity index is 723. The van der Waals surface area contributed by atoms with Gasteiger partial charge in [0.25, 0.3) is 0 Å². The van der Waals surface area contributed by atoms with Gasteiger partial charge in [0.05, 0.1) is 5.71 Å². The van der Waals surface area contributed by atoms with Gasteiger partial charge in [-0.15, -0.1) is 0 Å². The minimum atomic E-state index is 0.213. The predicted molar refractivity (Wildman–Crippen MR) is 106 cm³/mol. The third-order valence-corrected chi connectivity index (χ3v) is 7.83. The lowest BCUT2D eigenvalue weighted by molar-refractivity contribution is 0.0861. The smallest absolute Gasteiger partial charge is 0.114 e. The zero-order valence-corrected chi connectivity index (χ0v) is 16.5. The van der Waals surface area contributed by atoms with Crippen LogP contribution in [0.1, 0.15) is 63.0 Å². The Morgan fingerprint density at radius 1 is 1.23 bits per heavy atom. The van der Waals surface area contributed by atoms with Crippen LogP contribution >= 0.6 is 11.6 Å². The van der Waals surface area contributed by atoms with E-state index in [-0.39, 0.29) is 5.41 Å². The van der Waals surface area contributed by atoms with E-state index < -0.39 is 0 Å². The summed E-state index contributed by atoms with van der Waals surface area (Å²) in [6, 6.07) is 7.19. The first-order valence-corrected chi connectivity index (χ1v) is 10.8. The Morgan fingerprint density at radius 3 is 2.77 bits per heavy atom. The molecule has 3 nitrogen and oxygen atoms in total. The SMILES string of the molecule is CCON=C1CC2(CCN([C@@H]3C[C@H]4CC[C@@H]3C4)CC2)c2cc(Cl)ccc21. The van der Waals surface area contributed by atoms with Crippen molar-refractivity contribution in [2.24, 2.45) is 17.0 Å². The van der Waals surface area contributed by atoms with Gasteiger partial charge in [-0.05, 0) is 81.6 Å². The lowest BCUT2D eigenvalue weighted by atomic mass is 9.73. The maximum Gasteiger partial charge on any atom is 0.114 e. The summed E-state index contributed by atoms with van der Waals surface area (Å²) < 4.78 is 0. The van der Waals surface area contributed by atoms with Crippen molar-refractivity contribution in [2.75, 3.05) is 19.7 Å². The third-order valence-electron chi connectivity index (χ3n) is 7.60. The van der Waals surface area contributed by atoms with E-state index in [0.717, 1.165) is 35.0 Å². The highest BCUT2D eigenvalue weighted by Gasteiger charge is 2.48. The molecule has 1 heterocycles. The summed E-state index contributed by atoms with van der Waals surface area (Å²) in [6.07, 6.45) is 9.36. The molecule has 1 spiro atoms. The molecule has 3 atom stereocenters. The second kappa shape index (κ2) is 6.53. The molecule has 0 unspecified atom stereocenters. The van der Waals surface area contributed by atoms with Crippen LogP contribution in [-0.2, 0) is 10.3 Å². The van der Waals surface area contributed by atoms with Gasteiger partial charge in [-0.1, -0.05) is 29.2 Å². The summed E-state index contributed by atoms with van der Waals surface area (Å²) >= 11 is 6.37. The molecule has 26 heavy (non-hydrogen) atoms. The van der Waals surface area contributed by atoms with Crippen molar-refractivity contribution in [3.05, 3.63) is 34.3 Å². The first kappa shape index (κ1) is 17.1. The average Bonchev–Trinajstić information content (AvgIpc) is 3.35. The van der Waals surface area contributed by atoms with Crippen LogP contribution in [-0.4, -0.2) is 36.3 Å². The Balaban J connectivity index is 1.38. The van der Waals surface area contributed by atoms with Gasteiger partial charge >= 0.3 is 0 Å². The number of oxime groups is 1. The number of likely N-dealkylation sites (tertiary alicyclic amines) is 1. The Morgan fingerprint density at radius 2 is 2.08 bits per heavy atom. The van der Waals surface area contributed by atoms with E-state index in [1.54, 1.807) is 0 Å². The minimum absolute atomic E-state index is 0.213. The van der Waals surface area contributed by atoms with E-state index in [9.17, 15) is 0 Å². The second-order valence-electron chi connectivity index (χ2n) is 8.88. The summed E-state index contributed by atoms with van der Waals surface area (Å²) in [5, 5.41) is 5.29. The number of hydrogen-bond acceptors (Lipinski definition) is 3. The number of benzene rings is 1. The lowest BCUT2D eigenvalue weighted by Crippen LogP contribution is -2.48. The van der Waals surface area contributed by atoms with Gasteiger partial charge in [-0.2, -0.15) is 0 Å². The van der Waals surface area contributed by atoms with Crippen LogP contribution in [0.3, 0.4) is 0 Å². The van der Waals surface area contributed by atoms with Gasteiger partial charge in [0.1, 0.15) is 6.61 Å². The maximum absolute atomic E-state index is 6.37. The van der Waals surface area contributed by atoms with Gasteiger partial charge < -0.3 is 9.74 Å². The molecule has 3 fully saturated rings. The van der Waals surface area contributed by atoms with Crippen LogP contribution in [0.4, 0.5) is 0 Å². The Kier molecular flexibility index (Phi) is 4.28. The second-order valence-corrected chi connectivity index (χ2v) is 9.32. The Hall–Kier alpha value is -1.06. The number of rotatable bonds is 3. The highest BCUT2D eigenvalue weighted by molar-refractivity contribution is 6.31. The molecule has 0 aromatic heterocycles. The highest BCUT2D eigenvalue weighted by Crippen LogP contribution is 2.51. The fraction of sp³-hybridized carbons (Fsp3) is 0.682. The molecule has 3 aliphatic carbocycles. The number of hydrogen-bond donors (Lipinski definition) is 0. The molecule has 0 amide bonds. The van der Waals surface area contributed by atoms with Gasteiger partial charge in [0.15, 0.2) is 0 Å².